The molecule has 1 aromatic heterocycles. The number of nitrogens with zero attached hydrogens (tertiary/aromatic N) is 1. The van der Waals surface area contributed by atoms with Gasteiger partial charge in [0.1, 0.15) is 0 Å². The van der Waals surface area contributed by atoms with E-state index in [0.29, 0.717) is 5.56 Å². The molecule has 2 N–H and O–H groups in total. The number of amides is 1. The van der Waals surface area contributed by atoms with Crippen molar-refractivity contribution < 1.29 is 22.7 Å². The minimum absolute atomic E-state index is 0.0579. The van der Waals surface area contributed by atoms with E-state index in [0.717, 1.165) is 25.9 Å². The average molecular weight is 317 g/mol. The molecule has 0 saturated carbocycles. The number of ether oxygens (including phenoxy) is 1. The molecular formula is C14H18F3N3O2. The standard InChI is InChI=1S/C14H18F3N3O2/c15-14(16,17)9-22-13-11(2-1-5-19-13)8-20-12(21)10-3-6-18-7-4-10/h1-2,5,10,18H,3-4,6-9H2,(H,20,21). The number of hydrogen-bond acceptors (Lipinski definition) is 4. The van der Waals surface area contributed by atoms with Gasteiger partial charge < -0.3 is 15.4 Å². The largest absolute Gasteiger partial charge is 0.468 e. The summed E-state index contributed by atoms with van der Waals surface area (Å²) in [6.45, 7) is 0.291. The summed E-state index contributed by atoms with van der Waals surface area (Å²) in [4.78, 5) is 15.8. The monoisotopic (exact) mass is 317 g/mol. The van der Waals surface area contributed by atoms with Crippen LogP contribution in [0.2, 0.25) is 0 Å². The first-order valence-corrected chi connectivity index (χ1v) is 7.07. The molecule has 1 aliphatic rings. The van der Waals surface area contributed by atoms with Gasteiger partial charge in [0.25, 0.3) is 0 Å². The van der Waals surface area contributed by atoms with E-state index in [1.54, 1.807) is 12.1 Å². The Morgan fingerprint density at radius 1 is 1.41 bits per heavy atom. The van der Waals surface area contributed by atoms with E-state index in [-0.39, 0.29) is 24.2 Å². The molecule has 0 spiro atoms. The Bertz CT molecular complexity index is 502. The molecule has 1 aromatic rings. The van der Waals surface area contributed by atoms with Gasteiger partial charge in [-0.1, -0.05) is 6.07 Å². The third-order valence-corrected chi connectivity index (χ3v) is 3.39. The van der Waals surface area contributed by atoms with Crippen LogP contribution in [0.25, 0.3) is 0 Å². The summed E-state index contributed by atoms with van der Waals surface area (Å²) in [5.74, 6) is -0.255. The van der Waals surface area contributed by atoms with Crippen molar-refractivity contribution in [2.75, 3.05) is 19.7 Å². The van der Waals surface area contributed by atoms with Crippen molar-refractivity contribution in [3.63, 3.8) is 0 Å². The smallest absolute Gasteiger partial charge is 0.422 e. The Hall–Kier alpha value is -1.83. The number of pyridine rings is 1. The average Bonchev–Trinajstić information content (AvgIpc) is 2.51. The molecule has 8 heteroatoms. The number of piperidine rings is 1. The highest BCUT2D eigenvalue weighted by molar-refractivity contribution is 5.78. The summed E-state index contributed by atoms with van der Waals surface area (Å²) in [6, 6.07) is 3.17. The van der Waals surface area contributed by atoms with Crippen LogP contribution in [0.3, 0.4) is 0 Å². The zero-order valence-corrected chi connectivity index (χ0v) is 11.9. The van der Waals surface area contributed by atoms with Gasteiger partial charge in [-0.15, -0.1) is 0 Å². The van der Waals surface area contributed by atoms with Crippen LogP contribution in [0.1, 0.15) is 18.4 Å². The topological polar surface area (TPSA) is 63.2 Å². The lowest BCUT2D eigenvalue weighted by atomic mass is 9.97. The highest BCUT2D eigenvalue weighted by atomic mass is 19.4. The van der Waals surface area contributed by atoms with Crippen LogP contribution in [-0.2, 0) is 11.3 Å². The number of carbonyl (C=O) groups excluding carboxylic acids is 1. The van der Waals surface area contributed by atoms with Crippen molar-refractivity contribution in [1.29, 1.82) is 0 Å². The predicted octanol–water partition coefficient (Wildman–Crippen LogP) is 1.64. The molecule has 0 aliphatic carbocycles. The van der Waals surface area contributed by atoms with Gasteiger partial charge in [-0.3, -0.25) is 4.79 Å². The predicted molar refractivity (Wildman–Crippen MR) is 73.2 cm³/mol. The minimum atomic E-state index is -4.42. The number of alkyl halides is 3. The quantitative estimate of drug-likeness (QED) is 0.866. The second-order valence-electron chi connectivity index (χ2n) is 5.11. The zero-order valence-electron chi connectivity index (χ0n) is 11.9. The SMILES string of the molecule is O=C(NCc1cccnc1OCC(F)(F)F)C1CCNCC1. The third-order valence-electron chi connectivity index (χ3n) is 3.39. The van der Waals surface area contributed by atoms with Gasteiger partial charge in [0.05, 0.1) is 0 Å². The summed E-state index contributed by atoms with van der Waals surface area (Å²) in [5, 5.41) is 5.91. The van der Waals surface area contributed by atoms with E-state index in [2.05, 4.69) is 20.4 Å². The molecular weight excluding hydrogens is 299 g/mol. The Morgan fingerprint density at radius 3 is 2.82 bits per heavy atom. The van der Waals surface area contributed by atoms with E-state index in [4.69, 9.17) is 0 Å². The molecule has 1 fully saturated rings. The van der Waals surface area contributed by atoms with Crippen LogP contribution in [-0.4, -0.2) is 36.8 Å². The van der Waals surface area contributed by atoms with Gasteiger partial charge in [0.2, 0.25) is 11.8 Å². The van der Waals surface area contributed by atoms with Crippen molar-refractivity contribution in [3.8, 4) is 5.88 Å². The van der Waals surface area contributed by atoms with Crippen LogP contribution >= 0.6 is 0 Å². The molecule has 0 radical (unpaired) electrons. The van der Waals surface area contributed by atoms with Crippen molar-refractivity contribution in [1.82, 2.24) is 15.6 Å². The first-order chi connectivity index (χ1) is 10.5. The molecule has 5 nitrogen and oxygen atoms in total. The van der Waals surface area contributed by atoms with E-state index < -0.39 is 12.8 Å². The maximum absolute atomic E-state index is 12.2. The fraction of sp³-hybridized carbons (Fsp3) is 0.571. The fourth-order valence-electron chi connectivity index (χ4n) is 2.25. The summed E-state index contributed by atoms with van der Waals surface area (Å²) >= 11 is 0. The number of carbonyl (C=O) groups is 1. The van der Waals surface area contributed by atoms with E-state index in [9.17, 15) is 18.0 Å². The lowest BCUT2D eigenvalue weighted by molar-refractivity contribution is -0.154. The summed E-state index contributed by atoms with van der Waals surface area (Å²) < 4.78 is 41.3. The van der Waals surface area contributed by atoms with Crippen molar-refractivity contribution in [3.05, 3.63) is 23.9 Å². The van der Waals surface area contributed by atoms with Gasteiger partial charge in [-0.25, -0.2) is 4.98 Å². The van der Waals surface area contributed by atoms with Crippen LogP contribution in [0.5, 0.6) is 5.88 Å². The Kier molecular flexibility index (Phi) is 5.59. The Balaban J connectivity index is 1.90. The van der Waals surface area contributed by atoms with Crippen molar-refractivity contribution >= 4 is 5.91 Å². The molecule has 0 unspecified atom stereocenters. The van der Waals surface area contributed by atoms with E-state index >= 15 is 0 Å². The normalized spacial score (nSPS) is 16.3. The summed E-state index contributed by atoms with van der Waals surface area (Å²) in [6.07, 6.45) is -1.55. The Morgan fingerprint density at radius 2 is 2.14 bits per heavy atom. The maximum Gasteiger partial charge on any atom is 0.422 e. The second kappa shape index (κ2) is 7.44. The maximum atomic E-state index is 12.2. The highest BCUT2D eigenvalue weighted by Gasteiger charge is 2.29. The van der Waals surface area contributed by atoms with Crippen LogP contribution in [0, 0.1) is 5.92 Å². The fourth-order valence-corrected chi connectivity index (χ4v) is 2.25. The molecule has 0 bridgehead atoms. The second-order valence-corrected chi connectivity index (χ2v) is 5.11. The van der Waals surface area contributed by atoms with E-state index in [1.165, 1.54) is 6.20 Å². The highest BCUT2D eigenvalue weighted by Crippen LogP contribution is 2.20. The van der Waals surface area contributed by atoms with Crippen LogP contribution < -0.4 is 15.4 Å². The Labute approximate surface area is 126 Å². The van der Waals surface area contributed by atoms with Gasteiger partial charge in [-0.2, -0.15) is 13.2 Å². The molecule has 2 rings (SSSR count). The first-order valence-electron chi connectivity index (χ1n) is 7.07. The van der Waals surface area contributed by atoms with Crippen molar-refractivity contribution in [2.45, 2.75) is 25.6 Å². The number of hydrogen-bond donors (Lipinski definition) is 2. The van der Waals surface area contributed by atoms with Crippen molar-refractivity contribution in [2.24, 2.45) is 5.92 Å². The number of nitrogens with one attached hydrogen (secondary N) is 2. The molecule has 0 aromatic carbocycles. The molecule has 22 heavy (non-hydrogen) atoms. The number of halogens is 3. The minimum Gasteiger partial charge on any atom is -0.468 e. The molecule has 1 amide bonds. The van der Waals surface area contributed by atoms with E-state index in [1.807, 2.05) is 0 Å². The van der Waals surface area contributed by atoms with Gasteiger partial charge >= 0.3 is 6.18 Å². The lowest BCUT2D eigenvalue weighted by Gasteiger charge is -2.22. The van der Waals surface area contributed by atoms with Gasteiger partial charge in [0, 0.05) is 24.2 Å². The van der Waals surface area contributed by atoms with Crippen LogP contribution in [0.15, 0.2) is 18.3 Å². The third kappa shape index (κ3) is 5.18. The lowest BCUT2D eigenvalue weighted by Crippen LogP contribution is -2.38. The molecule has 0 atom stereocenters. The van der Waals surface area contributed by atoms with Gasteiger partial charge in [0.15, 0.2) is 6.61 Å². The molecule has 2 heterocycles. The molecule has 1 saturated heterocycles. The number of rotatable bonds is 5. The molecule has 122 valence electrons. The van der Waals surface area contributed by atoms with Gasteiger partial charge in [-0.05, 0) is 32.0 Å². The summed E-state index contributed by atoms with van der Waals surface area (Å²) in [7, 11) is 0. The number of aromatic nitrogens is 1. The first kappa shape index (κ1) is 16.5. The zero-order chi connectivity index (χ0) is 16.0. The molecule has 1 aliphatic heterocycles. The van der Waals surface area contributed by atoms with Crippen LogP contribution in [0.4, 0.5) is 13.2 Å². The summed E-state index contributed by atoms with van der Waals surface area (Å²) in [5.41, 5.74) is 0.425.